The van der Waals surface area contributed by atoms with Crippen molar-refractivity contribution in [3.63, 3.8) is 0 Å². The molecule has 5 rings (SSSR count). The molecule has 0 unspecified atom stereocenters. The second-order valence-electron chi connectivity index (χ2n) is 12.2. The molecule has 1 aliphatic heterocycles. The van der Waals surface area contributed by atoms with E-state index in [1.54, 1.807) is 18.9 Å². The van der Waals surface area contributed by atoms with Gasteiger partial charge in [0.15, 0.2) is 6.29 Å². The zero-order valence-electron chi connectivity index (χ0n) is 27.9. The fraction of sp³-hybridized carbons (Fsp3) is 0.350. The number of aliphatic hydroxyl groups excluding tert-OH is 1. The fourth-order valence-electron chi connectivity index (χ4n) is 5.92. The van der Waals surface area contributed by atoms with E-state index in [2.05, 4.69) is 29.6 Å². The van der Waals surface area contributed by atoms with E-state index in [0.717, 1.165) is 69.0 Å². The van der Waals surface area contributed by atoms with Crippen molar-refractivity contribution in [1.29, 1.82) is 0 Å². The molecule has 9 heteroatoms. The smallest absolute Gasteiger partial charge is 0.303 e. The first kappa shape index (κ1) is 36.1. The monoisotopic (exact) mass is 683 g/mol. The first-order chi connectivity index (χ1) is 23.9. The van der Waals surface area contributed by atoms with Crippen LogP contribution in [-0.4, -0.2) is 41.1 Å². The van der Waals surface area contributed by atoms with E-state index < -0.39 is 12.3 Å². The van der Waals surface area contributed by atoms with Crippen LogP contribution in [0.4, 0.5) is 0 Å². The summed E-state index contributed by atoms with van der Waals surface area (Å²) in [4.78, 5) is 24.2. The number of benzene rings is 4. The number of carbonyl (C=O) groups excluding carboxylic acids is 1. The highest BCUT2D eigenvalue weighted by atomic mass is 32.2. The number of thioether (sulfide) groups is 1. The third-order valence-corrected chi connectivity index (χ3v) is 9.83. The number of para-hydroxylation sites is 1. The van der Waals surface area contributed by atoms with Gasteiger partial charge in [-0.15, -0.1) is 11.8 Å². The van der Waals surface area contributed by atoms with Crippen LogP contribution in [0.15, 0.2) is 102 Å². The Morgan fingerprint density at radius 1 is 0.837 bits per heavy atom. The summed E-state index contributed by atoms with van der Waals surface area (Å²) in [6.45, 7) is 0.419. The highest BCUT2D eigenvalue weighted by Gasteiger charge is 2.32. The Kier molecular flexibility index (Phi) is 13.7. The summed E-state index contributed by atoms with van der Waals surface area (Å²) >= 11 is 1.71. The van der Waals surface area contributed by atoms with E-state index in [0.29, 0.717) is 25.8 Å². The predicted octanol–water partition coefficient (Wildman–Crippen LogP) is 8.23. The van der Waals surface area contributed by atoms with Crippen molar-refractivity contribution in [2.75, 3.05) is 12.9 Å². The molecule has 0 radical (unpaired) electrons. The Balaban J connectivity index is 1.24. The van der Waals surface area contributed by atoms with Crippen molar-refractivity contribution in [3.8, 4) is 16.9 Å². The topological polar surface area (TPSA) is 114 Å². The van der Waals surface area contributed by atoms with Crippen LogP contribution < -0.4 is 10.1 Å². The molecule has 4 aromatic rings. The van der Waals surface area contributed by atoms with Crippen LogP contribution in [0, 0.1) is 0 Å². The number of hydrogen-bond donors (Lipinski definition) is 3. The molecule has 1 amide bonds. The van der Waals surface area contributed by atoms with E-state index in [1.165, 1.54) is 0 Å². The molecule has 0 bridgehead atoms. The average Bonchev–Trinajstić information content (AvgIpc) is 3.14. The Morgan fingerprint density at radius 3 is 2.27 bits per heavy atom. The number of hydrogen-bond acceptors (Lipinski definition) is 7. The van der Waals surface area contributed by atoms with E-state index in [9.17, 15) is 14.7 Å². The molecule has 0 saturated carbocycles. The fourth-order valence-corrected chi connectivity index (χ4v) is 6.97. The molecule has 0 spiro atoms. The van der Waals surface area contributed by atoms with Gasteiger partial charge in [-0.05, 0) is 52.8 Å². The zero-order chi connectivity index (χ0) is 34.4. The van der Waals surface area contributed by atoms with Crippen molar-refractivity contribution in [1.82, 2.24) is 5.32 Å². The van der Waals surface area contributed by atoms with E-state index in [1.807, 2.05) is 72.8 Å². The summed E-state index contributed by atoms with van der Waals surface area (Å²) in [5.41, 5.74) is 5.92. The summed E-state index contributed by atoms with van der Waals surface area (Å²) in [5.74, 6) is 0.787. The molecule has 1 aliphatic rings. The average molecular weight is 684 g/mol. The van der Waals surface area contributed by atoms with Crippen LogP contribution in [0.5, 0.6) is 5.75 Å². The molecule has 1 fully saturated rings. The van der Waals surface area contributed by atoms with Crippen LogP contribution in [0.2, 0.25) is 0 Å². The molecule has 0 aromatic heterocycles. The molecule has 0 aliphatic carbocycles. The molecular weight excluding hydrogens is 639 g/mol. The van der Waals surface area contributed by atoms with Crippen LogP contribution in [0.25, 0.3) is 11.1 Å². The van der Waals surface area contributed by atoms with Crippen molar-refractivity contribution in [2.24, 2.45) is 0 Å². The number of carbonyl (C=O) groups is 2. The van der Waals surface area contributed by atoms with E-state index >= 15 is 0 Å². The second-order valence-corrected chi connectivity index (χ2v) is 13.2. The summed E-state index contributed by atoms with van der Waals surface area (Å²) < 4.78 is 18.7. The lowest BCUT2D eigenvalue weighted by molar-refractivity contribution is -0.245. The number of ether oxygens (including phenoxy) is 3. The second kappa shape index (κ2) is 18.6. The van der Waals surface area contributed by atoms with Crippen molar-refractivity contribution >= 4 is 23.6 Å². The molecule has 1 heterocycles. The maximum Gasteiger partial charge on any atom is 0.303 e. The lowest BCUT2D eigenvalue weighted by Crippen LogP contribution is -2.31. The lowest BCUT2D eigenvalue weighted by Gasteiger charge is -2.36. The van der Waals surface area contributed by atoms with Gasteiger partial charge in [-0.2, -0.15) is 0 Å². The number of rotatable bonds is 17. The summed E-state index contributed by atoms with van der Waals surface area (Å²) in [5, 5.41) is 21.4. The molecule has 4 aromatic carbocycles. The maximum atomic E-state index is 12.5. The third kappa shape index (κ3) is 10.7. The molecule has 49 heavy (non-hydrogen) atoms. The molecular formula is C40H45NO7S. The molecule has 1 saturated heterocycles. The quantitative estimate of drug-likeness (QED) is 0.0754. The Morgan fingerprint density at radius 2 is 1.53 bits per heavy atom. The van der Waals surface area contributed by atoms with Gasteiger partial charge in [-0.25, -0.2) is 0 Å². The summed E-state index contributed by atoms with van der Waals surface area (Å²) in [6, 6.07) is 32.2. The van der Waals surface area contributed by atoms with Gasteiger partial charge in [0.05, 0.1) is 25.9 Å². The first-order valence-electron chi connectivity index (χ1n) is 16.9. The van der Waals surface area contributed by atoms with Gasteiger partial charge in [0, 0.05) is 42.0 Å². The molecule has 3 atom stereocenters. The number of carboxylic acid groups (broad SMARTS) is 1. The SMILES string of the molecule is COc1ccccc1SC[C@H]1C[C@@H](c2ccc(CO)cc2)O[C@@H](c2ccc(-c3ccccc3CNC(=O)CCCCCCC(=O)O)cc2)O1. The van der Waals surface area contributed by atoms with Crippen LogP contribution in [0.3, 0.4) is 0 Å². The number of carboxylic acids is 1. The van der Waals surface area contributed by atoms with Gasteiger partial charge in [-0.1, -0.05) is 97.8 Å². The maximum absolute atomic E-state index is 12.5. The number of aliphatic hydroxyl groups is 1. The number of unbranched alkanes of at least 4 members (excludes halogenated alkanes) is 3. The van der Waals surface area contributed by atoms with E-state index in [-0.39, 0.29) is 31.1 Å². The Bertz CT molecular complexity index is 1640. The predicted molar refractivity (Wildman–Crippen MR) is 191 cm³/mol. The molecule has 8 nitrogen and oxygen atoms in total. The van der Waals surface area contributed by atoms with Crippen LogP contribution in [-0.2, 0) is 32.2 Å². The van der Waals surface area contributed by atoms with Crippen LogP contribution >= 0.6 is 11.8 Å². The Labute approximate surface area is 292 Å². The van der Waals surface area contributed by atoms with Gasteiger partial charge in [0.25, 0.3) is 0 Å². The van der Waals surface area contributed by atoms with Gasteiger partial charge in [-0.3, -0.25) is 9.59 Å². The van der Waals surface area contributed by atoms with Crippen molar-refractivity contribution in [2.45, 2.75) is 81.5 Å². The van der Waals surface area contributed by atoms with Crippen molar-refractivity contribution in [3.05, 3.63) is 119 Å². The minimum Gasteiger partial charge on any atom is -0.496 e. The van der Waals surface area contributed by atoms with E-state index in [4.69, 9.17) is 19.3 Å². The largest absolute Gasteiger partial charge is 0.496 e. The normalized spacial score (nSPS) is 17.4. The third-order valence-electron chi connectivity index (χ3n) is 8.64. The van der Waals surface area contributed by atoms with Gasteiger partial charge in [0.1, 0.15) is 5.75 Å². The minimum absolute atomic E-state index is 0.00482. The molecule has 3 N–H and O–H groups in total. The van der Waals surface area contributed by atoms with Gasteiger partial charge < -0.3 is 29.7 Å². The standard InChI is InChI=1S/C40H45NO7S/c1-46-35-12-8-9-13-37(35)49-27-33-24-36(30-18-16-28(26-42)17-19-30)48-40(47-33)31-22-20-29(21-23-31)34-11-7-6-10-32(34)25-41-38(43)14-4-2-3-5-15-39(44)45/h6-13,16-23,33,36,40,42H,2-5,14-15,24-27H2,1H3,(H,41,43)(H,44,45)/t33-,36+,40+/m1/s1. The zero-order valence-corrected chi connectivity index (χ0v) is 28.7. The van der Waals surface area contributed by atoms with Crippen molar-refractivity contribution < 1.29 is 34.0 Å². The van der Waals surface area contributed by atoms with Gasteiger partial charge in [0.2, 0.25) is 5.91 Å². The number of nitrogens with one attached hydrogen (secondary N) is 1. The highest BCUT2D eigenvalue weighted by Crippen LogP contribution is 2.41. The number of methoxy groups -OCH3 is 1. The molecule has 258 valence electrons. The first-order valence-corrected chi connectivity index (χ1v) is 17.8. The summed E-state index contributed by atoms with van der Waals surface area (Å²) in [6.07, 6.45) is 3.53. The number of amides is 1. The minimum atomic E-state index is -0.777. The lowest BCUT2D eigenvalue weighted by atomic mass is 9.97. The van der Waals surface area contributed by atoms with Gasteiger partial charge >= 0.3 is 5.97 Å². The Hall–Kier alpha value is -4.15. The number of aliphatic carboxylic acids is 1. The highest BCUT2D eigenvalue weighted by molar-refractivity contribution is 7.99. The van der Waals surface area contributed by atoms with Crippen LogP contribution in [0.1, 0.15) is 79.6 Å². The summed E-state index contributed by atoms with van der Waals surface area (Å²) in [7, 11) is 1.68.